The van der Waals surface area contributed by atoms with Crippen molar-refractivity contribution in [3.8, 4) is 0 Å². The zero-order valence-electron chi connectivity index (χ0n) is 32.9. The average Bonchev–Trinajstić information content (AvgIpc) is 3.90. The number of aryl methyl sites for hydroxylation is 14. The Morgan fingerprint density at radius 2 is 0.558 bits per heavy atom. The number of aromatic nitrogens is 14. The summed E-state index contributed by atoms with van der Waals surface area (Å²) in [6.45, 7) is 28.2. The van der Waals surface area contributed by atoms with E-state index in [1.165, 1.54) is 0 Å². The third-order valence-corrected chi connectivity index (χ3v) is 8.36. The molecule has 0 bridgehead atoms. The van der Waals surface area contributed by atoms with Crippen molar-refractivity contribution in [2.45, 2.75) is 96.9 Å². The molecule has 0 N–H and O–H groups in total. The van der Waals surface area contributed by atoms with Crippen molar-refractivity contribution < 1.29 is 40.4 Å². The Labute approximate surface area is 339 Å². The normalized spacial score (nSPS) is 11.1. The van der Waals surface area contributed by atoms with Crippen LogP contribution in [0.3, 0.4) is 0 Å². The standard InChI is InChI=1S/2C15H21BN6.C5H7N2.Sm/c2*1-10-7-13(4)20(17-10)16(21-14(5)8-11(2)18-21)22-15(6)9-12(3)19-22;1-4-3-5(2)7-6-4;/h2*7-9H,1-6H3;3H,1-2H3;/q3*-1;+3. The first-order chi connectivity index (χ1) is 24.0. The zero-order valence-corrected chi connectivity index (χ0v) is 35.5. The maximum Gasteiger partial charge on any atom is 3.00 e. The van der Waals surface area contributed by atoms with Crippen LogP contribution in [0, 0.1) is 137 Å². The second-order valence-corrected chi connectivity index (χ2v) is 13.5. The van der Waals surface area contributed by atoms with Gasteiger partial charge in [0.1, 0.15) is 0 Å². The predicted molar refractivity (Wildman–Crippen MR) is 201 cm³/mol. The van der Waals surface area contributed by atoms with E-state index in [2.05, 4.69) is 119 Å². The fourth-order valence-corrected chi connectivity index (χ4v) is 6.42. The molecule has 0 aromatic carbocycles. The van der Waals surface area contributed by atoms with Gasteiger partial charge in [-0.3, -0.25) is 0 Å². The van der Waals surface area contributed by atoms with Crippen LogP contribution in [-0.2, 0) is 0 Å². The van der Waals surface area contributed by atoms with Crippen molar-refractivity contribution in [2.24, 2.45) is 0 Å². The van der Waals surface area contributed by atoms with Crippen molar-refractivity contribution in [2.75, 3.05) is 0 Å². The molecular weight excluding hydrogens is 788 g/mol. The maximum absolute atomic E-state index is 4.66. The molecule has 7 rings (SSSR count). The van der Waals surface area contributed by atoms with Crippen LogP contribution in [-0.4, -0.2) is 77.5 Å². The zero-order chi connectivity index (χ0) is 37.3. The van der Waals surface area contributed by atoms with Gasteiger partial charge in [0.05, 0.1) is 34.2 Å². The summed E-state index contributed by atoms with van der Waals surface area (Å²) in [4.78, 5) is 0. The molecule has 0 atom stereocenters. The van der Waals surface area contributed by atoms with E-state index >= 15 is 0 Å². The largest absolute Gasteiger partial charge is 3.00 e. The Balaban J connectivity index is 0.000000193. The van der Waals surface area contributed by atoms with Crippen molar-refractivity contribution in [3.63, 3.8) is 0 Å². The molecule has 0 saturated heterocycles. The van der Waals surface area contributed by atoms with Gasteiger partial charge >= 0.3 is 40.4 Å². The molecule has 14 nitrogen and oxygen atoms in total. The van der Waals surface area contributed by atoms with E-state index in [0.717, 1.165) is 79.7 Å². The van der Waals surface area contributed by atoms with E-state index in [0.29, 0.717) is 0 Å². The molecule has 0 unspecified atom stereocenters. The fraction of sp³-hybridized carbons (Fsp3) is 0.400. The van der Waals surface area contributed by atoms with Gasteiger partial charge < -0.3 is 37.8 Å². The van der Waals surface area contributed by atoms with Crippen LogP contribution >= 0.6 is 0 Å². The minimum atomic E-state index is -0.226. The van der Waals surface area contributed by atoms with Crippen LogP contribution < -0.4 is 5.10 Å². The SMILES string of the molecule is Cc1cc(C)[n-]n1.Cc1cc(C)n([B-](n2nc(C)cc2C)n2nc(C)cc2C)n1.Cc1cc(C)n([B-](n2nc(C)cc2C)n2nc(C)cc2C)n1.[Sm+3]. The van der Waals surface area contributed by atoms with Gasteiger partial charge in [-0.1, -0.05) is 13.0 Å². The number of rotatable bonds is 6. The molecule has 0 aliphatic carbocycles. The third kappa shape index (κ3) is 9.11. The minimum absolute atomic E-state index is 0. The molecule has 17 heteroatoms. The predicted octanol–water partition coefficient (Wildman–Crippen LogP) is 4.77. The van der Waals surface area contributed by atoms with Crippen molar-refractivity contribution >= 4 is 14.2 Å². The average molecular weight is 838 g/mol. The summed E-state index contributed by atoms with van der Waals surface area (Å²) >= 11 is 0. The van der Waals surface area contributed by atoms with Crippen LogP contribution in [0.15, 0.2) is 42.5 Å². The molecule has 0 aliphatic rings. The van der Waals surface area contributed by atoms with E-state index in [-0.39, 0.29) is 54.6 Å². The molecule has 0 aliphatic heterocycles. The second kappa shape index (κ2) is 16.7. The number of hydrogen-bond donors (Lipinski definition) is 0. The van der Waals surface area contributed by atoms with Gasteiger partial charge in [0.2, 0.25) is 0 Å². The minimum Gasteiger partial charge on any atom is -0.579 e. The van der Waals surface area contributed by atoms with E-state index in [1.807, 2.05) is 89.0 Å². The molecule has 7 aromatic rings. The summed E-state index contributed by atoms with van der Waals surface area (Å²) in [7, 11) is -0.452. The van der Waals surface area contributed by atoms with E-state index in [9.17, 15) is 0 Å². The summed E-state index contributed by atoms with van der Waals surface area (Å²) in [6, 6.07) is 14.4. The van der Waals surface area contributed by atoms with E-state index < -0.39 is 0 Å². The van der Waals surface area contributed by atoms with Gasteiger partial charge in [-0.25, -0.2) is 30.6 Å². The van der Waals surface area contributed by atoms with E-state index in [1.54, 1.807) is 0 Å². The quantitative estimate of drug-likeness (QED) is 0.219. The van der Waals surface area contributed by atoms with Gasteiger partial charge in [0, 0.05) is 5.69 Å². The molecule has 271 valence electrons. The topological polar surface area (TPSA) is 134 Å². The Bertz CT molecular complexity index is 1880. The summed E-state index contributed by atoms with van der Waals surface area (Å²) in [6.07, 6.45) is 0. The molecule has 0 saturated carbocycles. The monoisotopic (exact) mass is 839 g/mol. The number of nitrogens with zero attached hydrogens (tertiary/aromatic N) is 14. The Kier molecular flexibility index (Phi) is 13.1. The summed E-state index contributed by atoms with van der Waals surface area (Å²) in [5, 5.41) is 35.5. The number of hydrogen-bond acceptors (Lipinski definition) is 7. The Morgan fingerprint density at radius 3 is 0.654 bits per heavy atom. The van der Waals surface area contributed by atoms with Crippen molar-refractivity contribution in [1.29, 1.82) is 0 Å². The smallest absolute Gasteiger partial charge is 0.579 e. The van der Waals surface area contributed by atoms with Gasteiger partial charge in [-0.15, -0.1) is 5.69 Å². The van der Waals surface area contributed by atoms with Crippen LogP contribution in [0.25, 0.3) is 0 Å². The van der Waals surface area contributed by atoms with E-state index in [4.69, 9.17) is 0 Å². The van der Waals surface area contributed by atoms with Gasteiger partial charge in [0.25, 0.3) is 14.2 Å². The third-order valence-electron chi connectivity index (χ3n) is 8.36. The fourth-order valence-electron chi connectivity index (χ4n) is 6.42. The molecular formula is C35H49B2N14Sm. The van der Waals surface area contributed by atoms with Gasteiger partial charge in [-0.05, 0) is 161 Å². The summed E-state index contributed by atoms with van der Waals surface area (Å²) < 4.78 is 11.9. The molecule has 3 radical (unpaired) electrons. The van der Waals surface area contributed by atoms with Crippen LogP contribution in [0.4, 0.5) is 0 Å². The Hall–Kier alpha value is -4.06. The van der Waals surface area contributed by atoms with Crippen LogP contribution in [0.5, 0.6) is 0 Å². The molecule has 52 heavy (non-hydrogen) atoms. The first-order valence-electron chi connectivity index (χ1n) is 17.1. The summed E-state index contributed by atoms with van der Waals surface area (Å²) in [5.74, 6) is 0. The molecule has 0 amide bonds. The first kappa shape index (κ1) is 40.7. The summed E-state index contributed by atoms with van der Waals surface area (Å²) in [5.41, 5.74) is 14.5. The van der Waals surface area contributed by atoms with Crippen LogP contribution in [0.1, 0.15) is 79.7 Å². The van der Waals surface area contributed by atoms with Crippen molar-refractivity contribution in [3.05, 3.63) is 122 Å². The van der Waals surface area contributed by atoms with Crippen molar-refractivity contribution in [1.82, 2.24) is 68.3 Å². The second-order valence-electron chi connectivity index (χ2n) is 13.5. The molecule has 7 aromatic heterocycles. The van der Waals surface area contributed by atoms with Gasteiger partial charge in [-0.2, -0.15) is 0 Å². The first-order valence-corrected chi connectivity index (χ1v) is 17.1. The van der Waals surface area contributed by atoms with Gasteiger partial charge in [0.15, 0.2) is 0 Å². The Morgan fingerprint density at radius 1 is 0.346 bits per heavy atom. The van der Waals surface area contributed by atoms with Crippen LogP contribution in [0.2, 0.25) is 0 Å². The molecule has 7 heterocycles. The molecule has 0 spiro atoms. The maximum atomic E-state index is 4.66. The molecule has 0 fully saturated rings.